The molecule has 4 aromatic heterocycles. The molecule has 0 aliphatic rings. The van der Waals surface area contributed by atoms with Gasteiger partial charge in [0, 0.05) is 54.7 Å². The molecule has 266 valence electrons. The van der Waals surface area contributed by atoms with Crippen molar-refractivity contribution < 1.29 is 4.42 Å². The van der Waals surface area contributed by atoms with Crippen molar-refractivity contribution in [3.63, 3.8) is 0 Å². The summed E-state index contributed by atoms with van der Waals surface area (Å²) in [7, 11) is 0. The van der Waals surface area contributed by atoms with Crippen molar-refractivity contribution in [3.05, 3.63) is 188 Å². The Morgan fingerprint density at radius 2 is 0.842 bits per heavy atom. The van der Waals surface area contributed by atoms with Crippen LogP contribution in [0.3, 0.4) is 0 Å². The lowest BCUT2D eigenvalue weighted by Gasteiger charge is -2.15. The number of benzene rings is 8. The fourth-order valence-electron chi connectivity index (χ4n) is 8.69. The van der Waals surface area contributed by atoms with E-state index in [9.17, 15) is 0 Å². The Labute approximate surface area is 326 Å². The van der Waals surface area contributed by atoms with E-state index >= 15 is 0 Å². The minimum Gasteiger partial charge on any atom is -0.455 e. The summed E-state index contributed by atoms with van der Waals surface area (Å²) < 4.78 is 11.3. The molecule has 0 saturated carbocycles. The molecule has 0 aliphatic carbocycles. The number of fused-ring (bicyclic) bond motifs is 9. The van der Waals surface area contributed by atoms with Gasteiger partial charge in [-0.05, 0) is 48.0 Å². The van der Waals surface area contributed by atoms with Crippen molar-refractivity contribution in [1.29, 1.82) is 0 Å². The molecule has 0 spiro atoms. The normalized spacial score (nSPS) is 11.9. The highest BCUT2D eigenvalue weighted by atomic mass is 16.3. The number of nitrogens with zero attached hydrogens (tertiary/aromatic N) is 5. The van der Waals surface area contributed by atoms with Gasteiger partial charge in [-0.3, -0.25) is 4.57 Å². The second kappa shape index (κ2) is 12.3. The van der Waals surface area contributed by atoms with Crippen LogP contribution in [0.1, 0.15) is 0 Å². The summed E-state index contributed by atoms with van der Waals surface area (Å²) >= 11 is 0. The zero-order chi connectivity index (χ0) is 37.5. The highest BCUT2D eigenvalue weighted by molar-refractivity contribution is 6.14. The van der Waals surface area contributed by atoms with Crippen molar-refractivity contribution >= 4 is 65.6 Å². The Balaban J connectivity index is 1.16. The summed E-state index contributed by atoms with van der Waals surface area (Å²) in [5.74, 6) is 1.72. The van der Waals surface area contributed by atoms with E-state index in [2.05, 4.69) is 155 Å². The third-order valence-electron chi connectivity index (χ3n) is 11.2. The van der Waals surface area contributed by atoms with Gasteiger partial charge in [0.25, 0.3) is 0 Å². The van der Waals surface area contributed by atoms with Crippen LogP contribution in [0.4, 0.5) is 0 Å². The molecule has 0 unspecified atom stereocenters. The molecule has 0 saturated heterocycles. The zero-order valence-corrected chi connectivity index (χ0v) is 30.5. The maximum Gasteiger partial charge on any atom is 0.238 e. The molecule has 0 bridgehead atoms. The van der Waals surface area contributed by atoms with E-state index in [0.29, 0.717) is 17.6 Å². The van der Waals surface area contributed by atoms with Gasteiger partial charge in [-0.2, -0.15) is 9.97 Å². The maximum atomic E-state index is 6.78. The lowest BCUT2D eigenvalue weighted by molar-refractivity contribution is 0.670. The van der Waals surface area contributed by atoms with Crippen molar-refractivity contribution in [2.75, 3.05) is 0 Å². The summed E-state index contributed by atoms with van der Waals surface area (Å²) in [6.45, 7) is 0. The van der Waals surface area contributed by atoms with Crippen LogP contribution >= 0.6 is 0 Å². The summed E-state index contributed by atoms with van der Waals surface area (Å²) in [6.07, 6.45) is 0. The second-order valence-corrected chi connectivity index (χ2v) is 14.4. The average molecular weight is 730 g/mol. The van der Waals surface area contributed by atoms with E-state index in [0.717, 1.165) is 82.7 Å². The molecule has 8 aromatic carbocycles. The smallest absolute Gasteiger partial charge is 0.238 e. The predicted molar refractivity (Wildman–Crippen MR) is 232 cm³/mol. The molecule has 0 atom stereocenters. The lowest BCUT2D eigenvalue weighted by atomic mass is 9.96. The third kappa shape index (κ3) is 4.81. The lowest BCUT2D eigenvalue weighted by Crippen LogP contribution is -2.06. The van der Waals surface area contributed by atoms with Gasteiger partial charge in [0.15, 0.2) is 11.6 Å². The highest BCUT2D eigenvalue weighted by Gasteiger charge is 2.23. The molecule has 12 aromatic rings. The number of hydrogen-bond donors (Lipinski definition) is 0. The van der Waals surface area contributed by atoms with Gasteiger partial charge in [-0.1, -0.05) is 146 Å². The first-order valence-electron chi connectivity index (χ1n) is 19.1. The van der Waals surface area contributed by atoms with Crippen molar-refractivity contribution in [2.45, 2.75) is 0 Å². The molecule has 6 nitrogen and oxygen atoms in total. The Hall–Kier alpha value is -7.83. The molecule has 0 fully saturated rings. The van der Waals surface area contributed by atoms with E-state index in [1.165, 1.54) is 10.8 Å². The first-order valence-corrected chi connectivity index (χ1v) is 19.1. The minimum absolute atomic E-state index is 0.555. The van der Waals surface area contributed by atoms with Gasteiger partial charge in [-0.15, -0.1) is 0 Å². The van der Waals surface area contributed by atoms with Crippen molar-refractivity contribution in [1.82, 2.24) is 24.1 Å². The van der Waals surface area contributed by atoms with Crippen LogP contribution in [0, 0.1) is 0 Å². The standard InChI is InChI=1S/C51H31N5O/c1-2-16-32(17-3-1)49-52-50(54-51(53-49)56-45-27-13-8-21-37(45)38-22-9-14-28-46(38)56)40-24-5-4-18-34(40)41-30-33(31-42-39-23-10-15-29-47(39)57-48(41)42)55-43-25-11-6-19-35(43)36-20-7-12-26-44(36)55/h1-31H. The van der Waals surface area contributed by atoms with Crippen molar-refractivity contribution in [2.24, 2.45) is 0 Å². The van der Waals surface area contributed by atoms with E-state index in [-0.39, 0.29) is 0 Å². The van der Waals surface area contributed by atoms with E-state index in [1.54, 1.807) is 0 Å². The molecule has 0 amide bonds. The van der Waals surface area contributed by atoms with E-state index in [1.807, 2.05) is 42.5 Å². The topological polar surface area (TPSA) is 61.7 Å². The van der Waals surface area contributed by atoms with Crippen LogP contribution in [0.5, 0.6) is 0 Å². The van der Waals surface area contributed by atoms with Crippen molar-refractivity contribution in [3.8, 4) is 45.5 Å². The summed E-state index contributed by atoms with van der Waals surface area (Å²) in [6, 6.07) is 65.5. The summed E-state index contributed by atoms with van der Waals surface area (Å²) in [4.78, 5) is 15.8. The van der Waals surface area contributed by atoms with Gasteiger partial charge < -0.3 is 8.98 Å². The number of para-hydroxylation sites is 5. The zero-order valence-electron chi connectivity index (χ0n) is 30.5. The molecular formula is C51H31N5O. The molecular weight excluding hydrogens is 699 g/mol. The molecule has 4 heterocycles. The summed E-state index contributed by atoms with van der Waals surface area (Å²) in [5, 5.41) is 6.82. The van der Waals surface area contributed by atoms with Crippen LogP contribution in [0.2, 0.25) is 0 Å². The quantitative estimate of drug-likeness (QED) is 0.177. The Kier molecular flexibility index (Phi) is 6.83. The molecule has 0 N–H and O–H groups in total. The SMILES string of the molecule is c1ccc(-c2nc(-c3ccccc3-c3cc(-n4c5ccccc5c5ccccc54)cc4c3oc3ccccc34)nc(-n3c4ccccc4c4ccccc43)n2)cc1. The van der Waals surface area contributed by atoms with Crippen LogP contribution in [0.15, 0.2) is 192 Å². The number of hydrogen-bond acceptors (Lipinski definition) is 4. The predicted octanol–water partition coefficient (Wildman–Crippen LogP) is 13.0. The average Bonchev–Trinajstić information content (AvgIpc) is 3.94. The van der Waals surface area contributed by atoms with Crippen LogP contribution in [-0.2, 0) is 0 Å². The fourth-order valence-corrected chi connectivity index (χ4v) is 8.69. The summed E-state index contributed by atoms with van der Waals surface area (Å²) in [5.41, 5.74) is 10.8. The number of aromatic nitrogens is 5. The number of rotatable bonds is 5. The van der Waals surface area contributed by atoms with Crippen LogP contribution in [-0.4, -0.2) is 24.1 Å². The van der Waals surface area contributed by atoms with Gasteiger partial charge in [0.2, 0.25) is 5.95 Å². The highest BCUT2D eigenvalue weighted by Crippen LogP contribution is 2.43. The Morgan fingerprint density at radius 3 is 1.47 bits per heavy atom. The van der Waals surface area contributed by atoms with Gasteiger partial charge in [0.1, 0.15) is 11.2 Å². The molecule has 0 aliphatic heterocycles. The van der Waals surface area contributed by atoms with E-state index in [4.69, 9.17) is 19.4 Å². The fraction of sp³-hybridized carbons (Fsp3) is 0. The van der Waals surface area contributed by atoms with Gasteiger partial charge in [-0.25, -0.2) is 4.98 Å². The van der Waals surface area contributed by atoms with E-state index < -0.39 is 0 Å². The largest absolute Gasteiger partial charge is 0.455 e. The molecule has 6 heteroatoms. The minimum atomic E-state index is 0.555. The number of furan rings is 1. The molecule has 12 rings (SSSR count). The Bertz CT molecular complexity index is 3430. The van der Waals surface area contributed by atoms with Gasteiger partial charge in [0.05, 0.1) is 22.1 Å². The first kappa shape index (κ1) is 31.5. The third-order valence-corrected chi connectivity index (χ3v) is 11.2. The van der Waals surface area contributed by atoms with Crippen LogP contribution < -0.4 is 0 Å². The molecule has 57 heavy (non-hydrogen) atoms. The van der Waals surface area contributed by atoms with Crippen LogP contribution in [0.25, 0.3) is 111 Å². The first-order chi connectivity index (χ1) is 28.3. The molecule has 0 radical (unpaired) electrons. The van der Waals surface area contributed by atoms with Gasteiger partial charge >= 0.3 is 0 Å². The monoisotopic (exact) mass is 729 g/mol. The second-order valence-electron chi connectivity index (χ2n) is 14.4. The Morgan fingerprint density at radius 1 is 0.351 bits per heavy atom. The maximum absolute atomic E-state index is 6.78.